The van der Waals surface area contributed by atoms with E-state index < -0.39 is 0 Å². The summed E-state index contributed by atoms with van der Waals surface area (Å²) in [6.45, 7) is 7.58. The Hall–Kier alpha value is -1.36. The molecule has 0 aliphatic rings. The Bertz CT molecular complexity index is 635. The first-order valence-electron chi connectivity index (χ1n) is 7.96. The number of aliphatic hydroxyl groups is 1. The van der Waals surface area contributed by atoms with Crippen LogP contribution in [0.4, 0.5) is 0 Å². The maximum atomic E-state index is 9.58. The van der Waals surface area contributed by atoms with Crippen molar-refractivity contribution in [1.29, 1.82) is 0 Å². The van der Waals surface area contributed by atoms with Gasteiger partial charge in [-0.15, -0.1) is 0 Å². The van der Waals surface area contributed by atoms with Gasteiger partial charge in [-0.25, -0.2) is 0 Å². The van der Waals surface area contributed by atoms with Crippen molar-refractivity contribution in [3.05, 3.63) is 41.0 Å². The minimum Gasteiger partial charge on any atom is -0.393 e. The van der Waals surface area contributed by atoms with E-state index in [1.54, 1.807) is 4.68 Å². The monoisotopic (exact) mass is 335 g/mol. The number of halogens is 1. The van der Waals surface area contributed by atoms with Crippen LogP contribution < -0.4 is 5.32 Å². The molecule has 0 amide bonds. The molecule has 5 heteroatoms. The summed E-state index contributed by atoms with van der Waals surface area (Å²) >= 11 is 6.42. The fourth-order valence-electron chi connectivity index (χ4n) is 2.93. The summed E-state index contributed by atoms with van der Waals surface area (Å²) < 4.78 is 1.71. The second-order valence-electron chi connectivity index (χ2n) is 6.93. The molecule has 1 aromatic heterocycles. The zero-order chi connectivity index (χ0) is 17.0. The van der Waals surface area contributed by atoms with Crippen LogP contribution in [-0.2, 0) is 13.6 Å². The molecule has 0 aliphatic heterocycles. The predicted octanol–water partition coefficient (Wildman–Crippen LogP) is 3.63. The summed E-state index contributed by atoms with van der Waals surface area (Å²) in [5, 5.41) is 18.3. The minimum absolute atomic E-state index is 0.0236. The van der Waals surface area contributed by atoms with Crippen LogP contribution in [0.5, 0.6) is 0 Å². The molecule has 0 bridgehead atoms. The van der Waals surface area contributed by atoms with Crippen LogP contribution in [0.25, 0.3) is 11.3 Å². The number of aliphatic hydroxyl groups excluding tert-OH is 1. The lowest BCUT2D eigenvalue weighted by molar-refractivity contribution is 0.128. The van der Waals surface area contributed by atoms with Gasteiger partial charge in [0.25, 0.3) is 0 Å². The highest BCUT2D eigenvalue weighted by atomic mass is 35.5. The van der Waals surface area contributed by atoms with Gasteiger partial charge in [-0.05, 0) is 18.8 Å². The molecule has 2 rings (SSSR count). The lowest BCUT2D eigenvalue weighted by atomic mass is 9.87. The van der Waals surface area contributed by atoms with E-state index >= 15 is 0 Å². The fraction of sp³-hybridized carbons (Fsp3) is 0.500. The van der Waals surface area contributed by atoms with E-state index in [1.807, 2.05) is 44.3 Å². The average Bonchev–Trinajstić information content (AvgIpc) is 2.75. The first kappa shape index (κ1) is 18.0. The van der Waals surface area contributed by atoms with Gasteiger partial charge in [0.2, 0.25) is 0 Å². The van der Waals surface area contributed by atoms with Gasteiger partial charge in [-0.3, -0.25) is 4.68 Å². The van der Waals surface area contributed by atoms with Crippen molar-refractivity contribution in [3.8, 4) is 11.3 Å². The quantitative estimate of drug-likeness (QED) is 0.812. The number of benzene rings is 1. The Labute approximate surface area is 143 Å². The van der Waals surface area contributed by atoms with Gasteiger partial charge in [0.1, 0.15) is 5.15 Å². The molecular weight excluding hydrogens is 310 g/mol. The zero-order valence-corrected chi connectivity index (χ0v) is 15.1. The topological polar surface area (TPSA) is 50.1 Å². The standard InChI is InChI=1S/C18H26ClN3O/c1-13(23)10-18(2,3)12-20-11-15-16(21-22(4)17(15)19)14-8-6-5-7-9-14/h5-9,13,20,23H,10-12H2,1-4H3. The zero-order valence-electron chi connectivity index (χ0n) is 14.3. The van der Waals surface area contributed by atoms with Gasteiger partial charge < -0.3 is 10.4 Å². The van der Waals surface area contributed by atoms with Crippen LogP contribution in [0.15, 0.2) is 30.3 Å². The molecule has 4 nitrogen and oxygen atoms in total. The molecular formula is C18H26ClN3O. The Kier molecular flexibility index (Phi) is 5.84. The van der Waals surface area contributed by atoms with Crippen LogP contribution in [0.3, 0.4) is 0 Å². The smallest absolute Gasteiger partial charge is 0.131 e. The Morgan fingerprint density at radius 3 is 2.57 bits per heavy atom. The number of hydrogen-bond acceptors (Lipinski definition) is 3. The molecule has 126 valence electrons. The van der Waals surface area contributed by atoms with Gasteiger partial charge in [0.15, 0.2) is 0 Å². The molecule has 0 spiro atoms. The maximum absolute atomic E-state index is 9.58. The second kappa shape index (κ2) is 7.47. The van der Waals surface area contributed by atoms with Crippen molar-refractivity contribution in [3.63, 3.8) is 0 Å². The number of hydrogen-bond donors (Lipinski definition) is 2. The Morgan fingerprint density at radius 2 is 1.96 bits per heavy atom. The summed E-state index contributed by atoms with van der Waals surface area (Å²) in [5.74, 6) is 0. The number of nitrogens with zero attached hydrogens (tertiary/aromatic N) is 2. The molecule has 23 heavy (non-hydrogen) atoms. The minimum atomic E-state index is -0.298. The van der Waals surface area contributed by atoms with Crippen molar-refractivity contribution in [2.75, 3.05) is 6.54 Å². The summed E-state index contributed by atoms with van der Waals surface area (Å²) in [4.78, 5) is 0. The largest absolute Gasteiger partial charge is 0.393 e. The van der Waals surface area contributed by atoms with Gasteiger partial charge in [0.05, 0.1) is 11.8 Å². The van der Waals surface area contributed by atoms with E-state index in [4.69, 9.17) is 11.6 Å². The van der Waals surface area contributed by atoms with Crippen LogP contribution >= 0.6 is 11.6 Å². The SMILES string of the molecule is CC(O)CC(C)(C)CNCc1c(-c2ccccc2)nn(C)c1Cl. The van der Waals surface area contributed by atoms with Crippen molar-refractivity contribution >= 4 is 11.6 Å². The third kappa shape index (κ3) is 4.80. The van der Waals surface area contributed by atoms with E-state index in [-0.39, 0.29) is 11.5 Å². The second-order valence-corrected chi connectivity index (χ2v) is 7.29. The van der Waals surface area contributed by atoms with Gasteiger partial charge in [0, 0.05) is 31.3 Å². The fourth-order valence-corrected chi connectivity index (χ4v) is 3.12. The molecule has 2 N–H and O–H groups in total. The van der Waals surface area contributed by atoms with Crippen molar-refractivity contribution < 1.29 is 5.11 Å². The van der Waals surface area contributed by atoms with Crippen LogP contribution in [0.2, 0.25) is 5.15 Å². The van der Waals surface area contributed by atoms with E-state index in [0.29, 0.717) is 11.7 Å². The van der Waals surface area contributed by atoms with E-state index in [1.165, 1.54) is 0 Å². The van der Waals surface area contributed by atoms with Crippen molar-refractivity contribution in [2.24, 2.45) is 12.5 Å². The average molecular weight is 336 g/mol. The number of aryl methyl sites for hydroxylation is 1. The molecule has 1 aromatic carbocycles. The van der Waals surface area contributed by atoms with Crippen molar-refractivity contribution in [2.45, 2.75) is 39.8 Å². The van der Waals surface area contributed by atoms with Gasteiger partial charge >= 0.3 is 0 Å². The predicted molar refractivity (Wildman–Crippen MR) is 95.4 cm³/mol. The normalized spacial score (nSPS) is 13.3. The summed E-state index contributed by atoms with van der Waals surface area (Å²) in [5.41, 5.74) is 3.01. The van der Waals surface area contributed by atoms with E-state index in [2.05, 4.69) is 24.3 Å². The van der Waals surface area contributed by atoms with Crippen LogP contribution in [-0.4, -0.2) is 27.5 Å². The third-order valence-electron chi connectivity index (χ3n) is 3.87. The summed E-state index contributed by atoms with van der Waals surface area (Å²) in [6.07, 6.45) is 0.459. The summed E-state index contributed by atoms with van der Waals surface area (Å²) in [7, 11) is 1.86. The Morgan fingerprint density at radius 1 is 1.30 bits per heavy atom. The highest BCUT2D eigenvalue weighted by Gasteiger charge is 2.21. The highest BCUT2D eigenvalue weighted by molar-refractivity contribution is 6.30. The first-order valence-corrected chi connectivity index (χ1v) is 8.33. The Balaban J connectivity index is 2.11. The summed E-state index contributed by atoms with van der Waals surface area (Å²) in [6, 6.07) is 10.1. The molecule has 1 heterocycles. The van der Waals surface area contributed by atoms with Crippen LogP contribution in [0.1, 0.15) is 32.8 Å². The number of aromatic nitrogens is 2. The maximum Gasteiger partial charge on any atom is 0.131 e. The molecule has 0 aliphatic carbocycles. The van der Waals surface area contributed by atoms with E-state index in [9.17, 15) is 5.11 Å². The van der Waals surface area contributed by atoms with Gasteiger partial charge in [-0.1, -0.05) is 55.8 Å². The first-order chi connectivity index (χ1) is 10.8. The van der Waals surface area contributed by atoms with Gasteiger partial charge in [-0.2, -0.15) is 5.10 Å². The van der Waals surface area contributed by atoms with Crippen LogP contribution in [0, 0.1) is 5.41 Å². The van der Waals surface area contributed by atoms with Crippen molar-refractivity contribution in [1.82, 2.24) is 15.1 Å². The molecule has 0 fully saturated rings. The molecule has 2 aromatic rings. The highest BCUT2D eigenvalue weighted by Crippen LogP contribution is 2.28. The molecule has 0 saturated carbocycles. The molecule has 0 saturated heterocycles. The third-order valence-corrected chi connectivity index (χ3v) is 4.34. The number of nitrogens with one attached hydrogen (secondary N) is 1. The lowest BCUT2D eigenvalue weighted by Gasteiger charge is -2.26. The lowest BCUT2D eigenvalue weighted by Crippen LogP contribution is -2.31. The molecule has 1 atom stereocenters. The number of rotatable bonds is 7. The molecule has 0 radical (unpaired) electrons. The molecule has 1 unspecified atom stereocenters. The van der Waals surface area contributed by atoms with E-state index in [0.717, 1.165) is 29.8 Å².